The Morgan fingerprint density at radius 3 is 0.730 bits per heavy atom. The van der Waals surface area contributed by atoms with Gasteiger partial charge in [-0.05, 0) is 94.6 Å². The Hall–Kier alpha value is -13.1. The molecule has 3 amide bonds. The number of imidazole rings is 3. The van der Waals surface area contributed by atoms with Gasteiger partial charge >= 0.3 is 17.7 Å². The number of carboxylic acid groups (broad SMARTS) is 1. The van der Waals surface area contributed by atoms with Gasteiger partial charge in [0.25, 0.3) is 23.3 Å². The number of nitrogens with one attached hydrogen (secondary N) is 3. The number of nitrogens with zero attached hydrogens (tertiary/aromatic N) is 6. The third kappa shape index (κ3) is 13.3. The molecule has 3 aliphatic heterocycles. The molecule has 0 radical (unpaired) electrons. The average Bonchev–Trinajstić information content (AvgIpc) is 1.60. The van der Waals surface area contributed by atoms with Crippen LogP contribution in [0.2, 0.25) is 0 Å². The second-order valence-electron chi connectivity index (χ2n) is 24.6. The summed E-state index contributed by atoms with van der Waals surface area (Å²) in [4.78, 5) is 115. The number of carboxylic acids is 1. The quantitative estimate of drug-likeness (QED) is 0.0402. The van der Waals surface area contributed by atoms with Gasteiger partial charge in [-0.1, -0.05) is 215 Å². The standard InChI is InChI=1S/3C26H21N3O3.C2H4O2/c3*1-15-7-11-17(12-8-15)22-21(23(30)18-13-9-16(2)10-14-18)24(31)25(32)29(22)26-27-19-5-3-4-6-20(19)28-26;1-2(3)4/h3*3-14,22,30H,1-2H3,(H,27,28);1H3,(H,3,4)/b3*23-21+;. The van der Waals surface area contributed by atoms with E-state index in [9.17, 15) is 44.1 Å². The van der Waals surface area contributed by atoms with Crippen LogP contribution < -0.4 is 14.7 Å². The van der Waals surface area contributed by atoms with E-state index >= 15 is 0 Å². The van der Waals surface area contributed by atoms with Crippen molar-refractivity contribution in [3.05, 3.63) is 302 Å². The molecule has 0 saturated carbocycles. The fourth-order valence-electron chi connectivity index (χ4n) is 12.1. The van der Waals surface area contributed by atoms with Gasteiger partial charge in [0.05, 0.1) is 67.9 Å². The SMILES string of the molecule is CC(=O)O.Cc1ccc(/C(O)=C2\C(=O)C(=O)N(c3nc4ccccc4[nH]3)C2c2ccc(C)cc2)cc1.Cc1ccc(/C(O)=C2\C(=O)C(=O)N(c3nc4ccccc4[nH]3)C2c2ccc(C)cc2)cc1.Cc1ccc(/C(O)=C2\C(=O)C(=O)N(c3nc4ccccc4[nH]3)C2c2ccc(C)cc2)cc1. The highest BCUT2D eigenvalue weighted by Crippen LogP contribution is 2.45. The van der Waals surface area contributed by atoms with Gasteiger partial charge in [-0.2, -0.15) is 0 Å². The number of aromatic nitrogens is 6. The molecule has 3 unspecified atom stereocenters. The molecule has 6 heterocycles. The maximum absolute atomic E-state index is 13.2. The molecular formula is C80H67N9O11. The summed E-state index contributed by atoms with van der Waals surface area (Å²) in [6.07, 6.45) is 0. The molecule has 15 rings (SSSR count). The van der Waals surface area contributed by atoms with Crippen molar-refractivity contribution in [2.75, 3.05) is 14.7 Å². The molecule has 0 spiro atoms. The van der Waals surface area contributed by atoms with Crippen molar-refractivity contribution in [3.8, 4) is 0 Å². The van der Waals surface area contributed by atoms with Crippen LogP contribution in [0.3, 0.4) is 0 Å². The Morgan fingerprint density at radius 1 is 0.320 bits per heavy atom. The molecule has 498 valence electrons. The summed E-state index contributed by atoms with van der Waals surface area (Å²) in [6.45, 7) is 12.8. The largest absolute Gasteiger partial charge is 0.507 e. The van der Waals surface area contributed by atoms with Crippen molar-refractivity contribution in [2.45, 2.75) is 66.6 Å². The van der Waals surface area contributed by atoms with Crippen LogP contribution >= 0.6 is 0 Å². The number of fused-ring (bicyclic) bond motifs is 3. The monoisotopic (exact) mass is 1330 g/mol. The molecule has 3 aliphatic rings. The first kappa shape index (κ1) is 66.9. The first-order valence-electron chi connectivity index (χ1n) is 31.9. The van der Waals surface area contributed by atoms with Crippen molar-refractivity contribution in [3.63, 3.8) is 0 Å². The minimum Gasteiger partial charge on any atom is -0.507 e. The van der Waals surface area contributed by atoms with Crippen LogP contribution in [-0.4, -0.2) is 91.4 Å². The minimum atomic E-state index is -0.833. The van der Waals surface area contributed by atoms with Gasteiger partial charge in [0.15, 0.2) is 0 Å². The number of hydrogen-bond donors (Lipinski definition) is 7. The third-order valence-corrected chi connectivity index (χ3v) is 17.3. The number of Topliss-reactive ketones (excluding diaryl/α,β-unsaturated/α-hetero) is 3. The summed E-state index contributed by atoms with van der Waals surface area (Å²) in [5, 5.41) is 40.8. The Bertz CT molecular complexity index is 4680. The summed E-state index contributed by atoms with van der Waals surface area (Å²) < 4.78 is 0. The molecule has 20 heteroatoms. The molecule has 9 aromatic carbocycles. The van der Waals surface area contributed by atoms with E-state index in [2.05, 4.69) is 29.9 Å². The minimum absolute atomic E-state index is 0.0446. The Balaban J connectivity index is 0.000000138. The smallest absolute Gasteiger partial charge is 0.302 e. The lowest BCUT2D eigenvalue weighted by Gasteiger charge is -2.23. The fraction of sp³-hybridized carbons (Fsp3) is 0.125. The Morgan fingerprint density at radius 2 is 0.520 bits per heavy atom. The highest BCUT2D eigenvalue weighted by Gasteiger charge is 2.51. The molecule has 7 N–H and O–H groups in total. The van der Waals surface area contributed by atoms with E-state index in [-0.39, 0.29) is 51.8 Å². The third-order valence-electron chi connectivity index (χ3n) is 17.3. The van der Waals surface area contributed by atoms with Crippen LogP contribution in [0.4, 0.5) is 17.8 Å². The van der Waals surface area contributed by atoms with Crippen molar-refractivity contribution >= 4 is 109 Å². The van der Waals surface area contributed by atoms with Crippen LogP contribution in [-0.2, 0) is 33.6 Å². The number of benzene rings is 9. The number of aliphatic hydroxyl groups is 3. The van der Waals surface area contributed by atoms with E-state index in [1.54, 1.807) is 36.4 Å². The predicted molar refractivity (Wildman–Crippen MR) is 383 cm³/mol. The van der Waals surface area contributed by atoms with Gasteiger partial charge in [0, 0.05) is 23.6 Å². The number of hydrogen-bond acceptors (Lipinski definition) is 13. The lowest BCUT2D eigenvalue weighted by Crippen LogP contribution is -2.30. The normalized spacial score (nSPS) is 17.5. The second-order valence-corrected chi connectivity index (χ2v) is 24.6. The van der Waals surface area contributed by atoms with E-state index in [0.717, 1.165) is 56.9 Å². The zero-order chi connectivity index (χ0) is 70.8. The van der Waals surface area contributed by atoms with Crippen LogP contribution in [0.15, 0.2) is 235 Å². The summed E-state index contributed by atoms with van der Waals surface area (Å²) in [5.41, 5.74) is 14.3. The number of carbonyl (C=O) groups excluding carboxylic acids is 6. The van der Waals surface area contributed by atoms with Gasteiger partial charge < -0.3 is 35.4 Å². The molecule has 20 nitrogen and oxygen atoms in total. The number of aryl methyl sites for hydroxylation is 6. The van der Waals surface area contributed by atoms with Crippen LogP contribution in [0.25, 0.3) is 50.4 Å². The number of anilines is 3. The van der Waals surface area contributed by atoms with Crippen molar-refractivity contribution < 1.29 is 54.0 Å². The molecule has 3 saturated heterocycles. The van der Waals surface area contributed by atoms with Crippen molar-refractivity contribution in [1.82, 2.24) is 29.9 Å². The van der Waals surface area contributed by atoms with Gasteiger partial charge in [0.1, 0.15) is 17.3 Å². The number of aliphatic carboxylic acids is 1. The summed E-state index contributed by atoms with van der Waals surface area (Å²) >= 11 is 0. The van der Waals surface area contributed by atoms with Gasteiger partial charge in [-0.3, -0.25) is 48.3 Å². The second kappa shape index (κ2) is 27.9. The number of aromatic amines is 3. The molecule has 3 fully saturated rings. The van der Waals surface area contributed by atoms with E-state index in [4.69, 9.17) is 9.90 Å². The molecule has 0 aliphatic carbocycles. The predicted octanol–water partition coefficient (Wildman–Crippen LogP) is 14.5. The molecule has 12 aromatic rings. The lowest BCUT2D eigenvalue weighted by molar-refractivity contribution is -0.134. The van der Waals surface area contributed by atoms with Crippen LogP contribution in [0, 0.1) is 41.5 Å². The zero-order valence-electron chi connectivity index (χ0n) is 55.3. The van der Waals surface area contributed by atoms with Crippen LogP contribution in [0.1, 0.15) is 91.8 Å². The Labute approximate surface area is 573 Å². The molecule has 0 bridgehead atoms. The van der Waals surface area contributed by atoms with E-state index in [1.807, 2.05) is 224 Å². The molecule has 3 atom stereocenters. The summed E-state index contributed by atoms with van der Waals surface area (Å²) in [6, 6.07) is 64.1. The number of rotatable bonds is 9. The number of amides is 3. The Kier molecular flexibility index (Phi) is 18.7. The topological polar surface area (TPSA) is 296 Å². The van der Waals surface area contributed by atoms with E-state index in [1.165, 1.54) is 14.7 Å². The summed E-state index contributed by atoms with van der Waals surface area (Å²) in [7, 11) is 0. The van der Waals surface area contributed by atoms with E-state index in [0.29, 0.717) is 49.9 Å². The maximum Gasteiger partial charge on any atom is 0.302 e. The number of para-hydroxylation sites is 6. The maximum atomic E-state index is 13.2. The molecule has 3 aromatic heterocycles. The highest BCUT2D eigenvalue weighted by molar-refractivity contribution is 6.53. The van der Waals surface area contributed by atoms with Gasteiger partial charge in [-0.25, -0.2) is 15.0 Å². The number of ketones is 3. The van der Waals surface area contributed by atoms with Crippen molar-refractivity contribution in [2.24, 2.45) is 0 Å². The number of carbonyl (C=O) groups is 7. The average molecular weight is 1330 g/mol. The first-order valence-corrected chi connectivity index (χ1v) is 31.9. The van der Waals surface area contributed by atoms with Gasteiger partial charge in [0.2, 0.25) is 17.8 Å². The van der Waals surface area contributed by atoms with Crippen molar-refractivity contribution in [1.29, 1.82) is 0 Å². The lowest BCUT2D eigenvalue weighted by atomic mass is 9.94. The summed E-state index contributed by atoms with van der Waals surface area (Å²) in [5.74, 6) is -5.06. The number of H-pyrrole nitrogens is 3. The fourth-order valence-corrected chi connectivity index (χ4v) is 12.1. The first-order chi connectivity index (χ1) is 48.0. The van der Waals surface area contributed by atoms with E-state index < -0.39 is 59.2 Å². The van der Waals surface area contributed by atoms with Gasteiger partial charge in [-0.15, -0.1) is 0 Å². The highest BCUT2D eigenvalue weighted by atomic mass is 16.4. The van der Waals surface area contributed by atoms with Crippen LogP contribution in [0.5, 0.6) is 0 Å². The molecule has 100 heavy (non-hydrogen) atoms. The molecular weight excluding hydrogens is 1260 g/mol. The number of aliphatic hydroxyl groups excluding tert-OH is 3. The zero-order valence-corrected chi connectivity index (χ0v) is 55.3.